The van der Waals surface area contributed by atoms with Crippen molar-refractivity contribution in [3.63, 3.8) is 0 Å². The topological polar surface area (TPSA) is 24.5 Å². The fourth-order valence-electron chi connectivity index (χ4n) is 3.25. The molecule has 0 spiro atoms. The highest BCUT2D eigenvalue weighted by Gasteiger charge is 2.26. The van der Waals surface area contributed by atoms with Crippen molar-refractivity contribution in [1.82, 2.24) is 5.32 Å². The molecule has 0 fully saturated rings. The van der Waals surface area contributed by atoms with Crippen molar-refractivity contribution in [2.75, 3.05) is 37.4 Å². The molecule has 0 bridgehead atoms. The van der Waals surface area contributed by atoms with Crippen LogP contribution in [0.3, 0.4) is 0 Å². The van der Waals surface area contributed by atoms with E-state index in [0.29, 0.717) is 5.92 Å². The molecule has 5 heteroatoms. The molecule has 3 rings (SSSR count). The third kappa shape index (κ3) is 5.23. The first-order chi connectivity index (χ1) is 13.1. The molecule has 1 atom stereocenters. The maximum absolute atomic E-state index is 5.22. The van der Waals surface area contributed by atoms with Gasteiger partial charge in [0.25, 0.3) is 0 Å². The number of methoxy groups -OCH3 is 1. The van der Waals surface area contributed by atoms with Gasteiger partial charge in [0.1, 0.15) is 0 Å². The van der Waals surface area contributed by atoms with Crippen molar-refractivity contribution in [1.29, 1.82) is 0 Å². The van der Waals surface area contributed by atoms with E-state index in [9.17, 15) is 0 Å². The molecule has 27 heavy (non-hydrogen) atoms. The Morgan fingerprint density at radius 1 is 1.19 bits per heavy atom. The first-order valence-corrected chi connectivity index (χ1v) is 11.4. The number of ether oxygens (including phenoxy) is 1. The molecule has 146 valence electrons. The van der Waals surface area contributed by atoms with Gasteiger partial charge in [0.15, 0.2) is 0 Å². The Labute approximate surface area is 172 Å². The molecular weight excluding hydrogens is 372 g/mol. The molecule has 3 nitrogen and oxygen atoms in total. The highest BCUT2D eigenvalue weighted by molar-refractivity contribution is 8.01. The predicted molar refractivity (Wildman–Crippen MR) is 119 cm³/mol. The fourth-order valence-corrected chi connectivity index (χ4v) is 5.25. The van der Waals surface area contributed by atoms with Gasteiger partial charge in [0.2, 0.25) is 0 Å². The number of fused-ring (bicyclic) bond motifs is 2. The van der Waals surface area contributed by atoms with Crippen LogP contribution in [-0.2, 0) is 4.74 Å². The zero-order valence-corrected chi connectivity index (χ0v) is 18.3. The second-order valence-corrected chi connectivity index (χ2v) is 9.55. The minimum absolute atomic E-state index is 0.203. The minimum Gasteiger partial charge on any atom is -0.385 e. The van der Waals surface area contributed by atoms with Crippen LogP contribution in [0.4, 0.5) is 5.69 Å². The lowest BCUT2D eigenvalue weighted by Gasteiger charge is -2.22. The Balaban J connectivity index is 1.92. The summed E-state index contributed by atoms with van der Waals surface area (Å²) < 4.78 is 7.51. The van der Waals surface area contributed by atoms with Crippen LogP contribution in [0.25, 0.3) is 0 Å². The summed E-state index contributed by atoms with van der Waals surface area (Å²) in [6, 6.07) is 15.9. The van der Waals surface area contributed by atoms with Crippen LogP contribution in [-0.4, -0.2) is 33.1 Å². The van der Waals surface area contributed by atoms with Gasteiger partial charge in [0, 0.05) is 36.3 Å². The SMILES string of the molecule is COCCCNC1c2ccc(SCC(C)C)cc2SN(C)c2ccccc21. The molecule has 0 saturated carbocycles. The number of nitrogens with one attached hydrogen (secondary N) is 1. The summed E-state index contributed by atoms with van der Waals surface area (Å²) in [5, 5.41) is 3.77. The van der Waals surface area contributed by atoms with Crippen molar-refractivity contribution in [2.45, 2.75) is 36.1 Å². The van der Waals surface area contributed by atoms with Gasteiger partial charge in [-0.15, -0.1) is 11.8 Å². The Morgan fingerprint density at radius 2 is 2.00 bits per heavy atom. The van der Waals surface area contributed by atoms with Gasteiger partial charge < -0.3 is 14.4 Å². The van der Waals surface area contributed by atoms with Crippen LogP contribution in [0, 0.1) is 5.92 Å². The van der Waals surface area contributed by atoms with Crippen molar-refractivity contribution in [3.05, 3.63) is 53.6 Å². The molecule has 2 aromatic rings. The standard InChI is InChI=1S/C22H30N2OS2/c1-16(2)15-26-17-10-11-19-21(14-17)27-24(3)20-9-6-5-8-18(20)22(19)23-12-7-13-25-4/h5-6,8-11,14,16,22-23H,7,12-13,15H2,1-4H3. The Hall–Kier alpha value is -1.14. The zero-order chi connectivity index (χ0) is 19.2. The minimum atomic E-state index is 0.203. The fraction of sp³-hybridized carbons (Fsp3) is 0.455. The summed E-state index contributed by atoms with van der Waals surface area (Å²) in [7, 11) is 3.92. The molecule has 1 unspecified atom stereocenters. The van der Waals surface area contributed by atoms with E-state index in [0.717, 1.165) is 25.3 Å². The number of nitrogens with zero attached hydrogens (tertiary/aromatic N) is 1. The molecule has 0 radical (unpaired) electrons. The molecule has 1 N–H and O–H groups in total. The summed E-state index contributed by atoms with van der Waals surface area (Å²) in [4.78, 5) is 2.69. The molecule has 0 aliphatic carbocycles. The van der Waals surface area contributed by atoms with E-state index in [1.165, 1.54) is 26.6 Å². The average Bonchev–Trinajstić information content (AvgIpc) is 2.78. The summed E-state index contributed by atoms with van der Waals surface area (Å²) >= 11 is 3.78. The highest BCUT2D eigenvalue weighted by Crippen LogP contribution is 2.44. The van der Waals surface area contributed by atoms with Gasteiger partial charge in [-0.3, -0.25) is 0 Å². The Morgan fingerprint density at radius 3 is 2.78 bits per heavy atom. The van der Waals surface area contributed by atoms with Crippen LogP contribution in [0.15, 0.2) is 52.3 Å². The van der Waals surface area contributed by atoms with Gasteiger partial charge in [-0.05, 0) is 60.2 Å². The first kappa shape index (κ1) is 20.6. The van der Waals surface area contributed by atoms with Crippen molar-refractivity contribution >= 4 is 29.4 Å². The lowest BCUT2D eigenvalue weighted by Crippen LogP contribution is -2.25. The van der Waals surface area contributed by atoms with Gasteiger partial charge in [-0.25, -0.2) is 0 Å². The van der Waals surface area contributed by atoms with E-state index in [1.807, 2.05) is 23.7 Å². The molecular formula is C22H30N2OS2. The molecule has 0 saturated heterocycles. The molecule has 1 aliphatic heterocycles. The van der Waals surface area contributed by atoms with Gasteiger partial charge in [-0.1, -0.05) is 38.1 Å². The monoisotopic (exact) mass is 402 g/mol. The lowest BCUT2D eigenvalue weighted by molar-refractivity contribution is 0.193. The van der Waals surface area contributed by atoms with E-state index in [1.54, 1.807) is 7.11 Å². The second-order valence-electron chi connectivity index (χ2n) is 7.29. The second kappa shape index (κ2) is 9.87. The average molecular weight is 403 g/mol. The van der Waals surface area contributed by atoms with E-state index >= 15 is 0 Å². The maximum Gasteiger partial charge on any atom is 0.0609 e. The zero-order valence-electron chi connectivity index (χ0n) is 16.7. The number of para-hydroxylation sites is 1. The van der Waals surface area contributed by atoms with Crippen molar-refractivity contribution in [2.24, 2.45) is 5.92 Å². The first-order valence-electron chi connectivity index (χ1n) is 9.60. The van der Waals surface area contributed by atoms with Gasteiger partial charge in [0.05, 0.1) is 11.7 Å². The van der Waals surface area contributed by atoms with Crippen LogP contribution in [0.1, 0.15) is 37.4 Å². The molecule has 1 aliphatic rings. The number of anilines is 1. The third-order valence-corrected chi connectivity index (χ3v) is 7.02. The van der Waals surface area contributed by atoms with Crippen LogP contribution in [0.5, 0.6) is 0 Å². The molecule has 0 aromatic heterocycles. The maximum atomic E-state index is 5.22. The van der Waals surface area contributed by atoms with Gasteiger partial charge in [-0.2, -0.15) is 0 Å². The van der Waals surface area contributed by atoms with Crippen LogP contribution in [0.2, 0.25) is 0 Å². The Bertz CT molecular complexity index is 751. The summed E-state index contributed by atoms with van der Waals surface area (Å²) in [6.45, 7) is 6.27. The largest absolute Gasteiger partial charge is 0.385 e. The molecule has 2 aromatic carbocycles. The summed E-state index contributed by atoms with van der Waals surface area (Å²) in [5.41, 5.74) is 3.98. The van der Waals surface area contributed by atoms with Crippen LogP contribution >= 0.6 is 23.7 Å². The third-order valence-electron chi connectivity index (χ3n) is 4.58. The highest BCUT2D eigenvalue weighted by atomic mass is 32.2. The number of thioether (sulfide) groups is 1. The van der Waals surface area contributed by atoms with Crippen LogP contribution < -0.4 is 9.62 Å². The van der Waals surface area contributed by atoms with Crippen molar-refractivity contribution in [3.8, 4) is 0 Å². The number of hydrogen-bond acceptors (Lipinski definition) is 5. The summed E-state index contributed by atoms with van der Waals surface area (Å²) in [5.74, 6) is 1.85. The van der Waals surface area contributed by atoms with Crippen molar-refractivity contribution < 1.29 is 4.74 Å². The quantitative estimate of drug-likeness (QED) is 0.352. The lowest BCUT2D eigenvalue weighted by atomic mass is 9.97. The predicted octanol–water partition coefficient (Wildman–Crippen LogP) is 5.61. The van der Waals surface area contributed by atoms with E-state index in [4.69, 9.17) is 4.74 Å². The smallest absolute Gasteiger partial charge is 0.0609 e. The van der Waals surface area contributed by atoms with Gasteiger partial charge >= 0.3 is 0 Å². The van der Waals surface area contributed by atoms with E-state index in [2.05, 4.69) is 73.0 Å². The number of hydrogen-bond donors (Lipinski definition) is 1. The molecule has 0 amide bonds. The number of rotatable bonds is 8. The Kier molecular flexibility index (Phi) is 7.53. The van der Waals surface area contributed by atoms with E-state index in [-0.39, 0.29) is 6.04 Å². The molecule has 1 heterocycles. The normalized spacial score (nSPS) is 16.2. The summed E-state index contributed by atoms with van der Waals surface area (Å²) in [6.07, 6.45) is 1.01. The number of benzene rings is 2. The van der Waals surface area contributed by atoms with E-state index < -0.39 is 0 Å².